The van der Waals surface area contributed by atoms with E-state index in [4.69, 9.17) is 5.84 Å². The normalized spacial score (nSPS) is 12.4. The highest BCUT2D eigenvalue weighted by atomic mass is 19.4. The lowest BCUT2D eigenvalue weighted by molar-refractivity contribution is -0.137. The second-order valence-electron chi connectivity index (χ2n) is 3.62. The molecule has 0 fully saturated rings. The van der Waals surface area contributed by atoms with E-state index < -0.39 is 11.7 Å². The van der Waals surface area contributed by atoms with Crippen molar-refractivity contribution in [2.75, 3.05) is 11.9 Å². The first kappa shape index (κ1) is 14.3. The smallest absolute Gasteiger partial charge is 0.325 e. The average Bonchev–Trinajstić information content (AvgIpc) is 2.29. The zero-order valence-electron chi connectivity index (χ0n) is 10.1. The number of hydrogen-bond acceptors (Lipinski definition) is 2. The molecule has 0 aliphatic heterocycles. The minimum Gasteiger partial charge on any atom is -0.325 e. The Morgan fingerprint density at radius 3 is 2.56 bits per heavy atom. The van der Waals surface area contributed by atoms with Gasteiger partial charge in [-0.2, -0.15) is 13.2 Å². The van der Waals surface area contributed by atoms with Gasteiger partial charge >= 0.3 is 6.18 Å². The fraction of sp³-hybridized carbons (Fsp3) is 0.364. The summed E-state index contributed by atoms with van der Waals surface area (Å²) in [4.78, 5) is 3.96. The monoisotopic (exact) mass is 260 g/mol. The zero-order chi connectivity index (χ0) is 13.8. The molecular weight excluding hydrogens is 245 g/mol. The van der Waals surface area contributed by atoms with Gasteiger partial charge in [0.2, 0.25) is 5.96 Å². The third-order valence-corrected chi connectivity index (χ3v) is 2.27. The van der Waals surface area contributed by atoms with Crippen molar-refractivity contribution in [2.45, 2.75) is 20.0 Å². The van der Waals surface area contributed by atoms with Crippen LogP contribution < -0.4 is 16.6 Å². The highest BCUT2D eigenvalue weighted by Gasteiger charge is 2.30. The number of hydrogen-bond donors (Lipinski definition) is 3. The second-order valence-corrected chi connectivity index (χ2v) is 3.62. The van der Waals surface area contributed by atoms with Crippen molar-refractivity contribution in [3.8, 4) is 0 Å². The molecule has 4 nitrogen and oxygen atoms in total. The topological polar surface area (TPSA) is 62.4 Å². The van der Waals surface area contributed by atoms with E-state index in [-0.39, 0.29) is 5.96 Å². The number of nitrogens with zero attached hydrogens (tertiary/aromatic N) is 1. The van der Waals surface area contributed by atoms with Gasteiger partial charge in [0.05, 0.1) is 5.56 Å². The van der Waals surface area contributed by atoms with E-state index in [1.807, 2.05) is 0 Å². The predicted octanol–water partition coefficient (Wildman–Crippen LogP) is 2.26. The van der Waals surface area contributed by atoms with Crippen molar-refractivity contribution in [1.82, 2.24) is 5.43 Å². The summed E-state index contributed by atoms with van der Waals surface area (Å²) in [6, 6.07) is 3.45. The summed E-state index contributed by atoms with van der Waals surface area (Å²) in [5.74, 6) is 5.44. The number of guanidine groups is 1. The Labute approximate surface area is 103 Å². The number of nitrogens with two attached hydrogens (primary N) is 1. The Morgan fingerprint density at radius 2 is 2.06 bits per heavy atom. The molecule has 7 heteroatoms. The lowest BCUT2D eigenvalue weighted by Crippen LogP contribution is -2.36. The number of benzene rings is 1. The molecule has 0 unspecified atom stereocenters. The lowest BCUT2D eigenvalue weighted by Gasteiger charge is -2.14. The maximum Gasteiger partial charge on any atom is 0.416 e. The molecule has 0 bridgehead atoms. The predicted molar refractivity (Wildman–Crippen MR) is 65.1 cm³/mol. The van der Waals surface area contributed by atoms with Gasteiger partial charge in [-0.25, -0.2) is 5.84 Å². The molecule has 0 heterocycles. The summed E-state index contributed by atoms with van der Waals surface area (Å²) < 4.78 is 37.7. The van der Waals surface area contributed by atoms with Crippen molar-refractivity contribution in [2.24, 2.45) is 10.8 Å². The highest BCUT2D eigenvalue weighted by Crippen LogP contribution is 2.31. The van der Waals surface area contributed by atoms with E-state index >= 15 is 0 Å². The Hall–Kier alpha value is -1.76. The van der Waals surface area contributed by atoms with Gasteiger partial charge in [0.25, 0.3) is 0 Å². The van der Waals surface area contributed by atoms with Crippen LogP contribution in [0.3, 0.4) is 0 Å². The van der Waals surface area contributed by atoms with Crippen molar-refractivity contribution >= 4 is 11.6 Å². The number of aryl methyl sites for hydroxylation is 1. The summed E-state index contributed by atoms with van der Waals surface area (Å²) in [6.07, 6.45) is -4.37. The summed E-state index contributed by atoms with van der Waals surface area (Å²) in [6.45, 7) is 3.95. The molecular formula is C11H15F3N4. The van der Waals surface area contributed by atoms with E-state index in [0.29, 0.717) is 17.8 Å². The van der Waals surface area contributed by atoms with Crippen LogP contribution in [0, 0.1) is 6.92 Å². The lowest BCUT2D eigenvalue weighted by atomic mass is 10.1. The summed E-state index contributed by atoms with van der Waals surface area (Å²) in [7, 11) is 0. The van der Waals surface area contributed by atoms with E-state index in [9.17, 15) is 13.2 Å². The van der Waals surface area contributed by atoms with Gasteiger partial charge in [-0.1, -0.05) is 6.07 Å². The van der Waals surface area contributed by atoms with Crippen LogP contribution in [0.25, 0.3) is 0 Å². The molecule has 0 aliphatic carbocycles. The van der Waals surface area contributed by atoms with Crippen LogP contribution in [-0.4, -0.2) is 12.5 Å². The maximum absolute atomic E-state index is 12.6. The standard InChI is InChI=1S/C11H15F3N4/c1-3-16-10(18-15)17-9-6-8(11(12,13)14)5-4-7(9)2/h4-6H,3,15H2,1-2H3,(H2,16,17,18). The van der Waals surface area contributed by atoms with Gasteiger partial charge in [-0.15, -0.1) is 0 Å². The number of halogens is 3. The van der Waals surface area contributed by atoms with Crippen LogP contribution in [0.5, 0.6) is 0 Å². The quantitative estimate of drug-likeness (QED) is 0.331. The third kappa shape index (κ3) is 3.63. The molecule has 0 saturated carbocycles. The number of rotatable bonds is 2. The number of hydrazine groups is 1. The Bertz CT molecular complexity index is 440. The first-order chi connectivity index (χ1) is 8.38. The van der Waals surface area contributed by atoms with Gasteiger partial charge in [0.1, 0.15) is 0 Å². The number of anilines is 1. The average molecular weight is 260 g/mol. The molecule has 0 saturated heterocycles. The maximum atomic E-state index is 12.6. The molecule has 0 radical (unpaired) electrons. The molecule has 1 aromatic rings. The van der Waals surface area contributed by atoms with Crippen molar-refractivity contribution in [1.29, 1.82) is 0 Å². The van der Waals surface area contributed by atoms with Crippen LogP contribution in [0.2, 0.25) is 0 Å². The van der Waals surface area contributed by atoms with Gasteiger partial charge in [0.15, 0.2) is 0 Å². The van der Waals surface area contributed by atoms with Gasteiger partial charge in [0, 0.05) is 12.2 Å². The van der Waals surface area contributed by atoms with E-state index in [1.54, 1.807) is 13.8 Å². The second kappa shape index (κ2) is 5.72. The fourth-order valence-electron chi connectivity index (χ4n) is 1.34. The molecule has 18 heavy (non-hydrogen) atoms. The SMILES string of the molecule is CCN=C(NN)Nc1cc(C(F)(F)F)ccc1C. The van der Waals surface area contributed by atoms with E-state index in [1.165, 1.54) is 6.07 Å². The van der Waals surface area contributed by atoms with E-state index in [2.05, 4.69) is 15.7 Å². The largest absolute Gasteiger partial charge is 0.416 e. The van der Waals surface area contributed by atoms with Crippen molar-refractivity contribution in [3.05, 3.63) is 29.3 Å². The van der Waals surface area contributed by atoms with Crippen LogP contribution in [-0.2, 0) is 6.18 Å². The minimum absolute atomic E-state index is 0.222. The summed E-state index contributed by atoms with van der Waals surface area (Å²) in [5.41, 5.74) is 2.56. The zero-order valence-corrected chi connectivity index (χ0v) is 10.1. The number of aliphatic imine (C=N–C) groups is 1. The summed E-state index contributed by atoms with van der Waals surface area (Å²) in [5, 5.41) is 2.72. The summed E-state index contributed by atoms with van der Waals surface area (Å²) >= 11 is 0. The molecule has 1 rings (SSSR count). The highest BCUT2D eigenvalue weighted by molar-refractivity contribution is 5.93. The Balaban J connectivity index is 3.05. The van der Waals surface area contributed by atoms with Crippen LogP contribution >= 0.6 is 0 Å². The van der Waals surface area contributed by atoms with E-state index in [0.717, 1.165) is 12.1 Å². The molecule has 0 aliphatic rings. The molecule has 4 N–H and O–H groups in total. The minimum atomic E-state index is -4.37. The molecule has 1 aromatic carbocycles. The Kier molecular flexibility index (Phi) is 4.55. The number of nitrogens with one attached hydrogen (secondary N) is 2. The first-order valence-corrected chi connectivity index (χ1v) is 5.34. The Morgan fingerprint density at radius 1 is 1.39 bits per heavy atom. The molecule has 0 atom stereocenters. The number of alkyl halides is 3. The molecule has 0 spiro atoms. The molecule has 0 aromatic heterocycles. The van der Waals surface area contributed by atoms with Crippen LogP contribution in [0.15, 0.2) is 23.2 Å². The fourth-order valence-corrected chi connectivity index (χ4v) is 1.34. The molecule has 0 amide bonds. The molecule has 100 valence electrons. The van der Waals surface area contributed by atoms with Crippen molar-refractivity contribution < 1.29 is 13.2 Å². The van der Waals surface area contributed by atoms with Crippen LogP contribution in [0.1, 0.15) is 18.1 Å². The van der Waals surface area contributed by atoms with Crippen LogP contribution in [0.4, 0.5) is 18.9 Å². The van der Waals surface area contributed by atoms with Gasteiger partial charge in [-0.3, -0.25) is 10.4 Å². The van der Waals surface area contributed by atoms with Crippen molar-refractivity contribution in [3.63, 3.8) is 0 Å². The van der Waals surface area contributed by atoms with Gasteiger partial charge < -0.3 is 5.32 Å². The third-order valence-electron chi connectivity index (χ3n) is 2.27. The first-order valence-electron chi connectivity index (χ1n) is 5.34. The van der Waals surface area contributed by atoms with Gasteiger partial charge in [-0.05, 0) is 31.5 Å².